The topological polar surface area (TPSA) is 60.9 Å². The zero-order chi connectivity index (χ0) is 15.4. The minimum absolute atomic E-state index is 0.273. The van der Waals surface area contributed by atoms with Crippen LogP contribution in [0, 0.1) is 6.92 Å². The van der Waals surface area contributed by atoms with Gasteiger partial charge >= 0.3 is 0 Å². The first kappa shape index (κ1) is 13.7. The molecular formula is C14H10BrClN6. The van der Waals surface area contributed by atoms with E-state index in [0.717, 1.165) is 26.6 Å². The lowest BCUT2D eigenvalue weighted by Crippen LogP contribution is -1.95. The van der Waals surface area contributed by atoms with Gasteiger partial charge in [0, 0.05) is 23.1 Å². The summed E-state index contributed by atoms with van der Waals surface area (Å²) in [6, 6.07) is 5.81. The maximum Gasteiger partial charge on any atom is 0.226 e. The Kier molecular flexibility index (Phi) is 2.95. The second-order valence-electron chi connectivity index (χ2n) is 4.99. The second kappa shape index (κ2) is 4.76. The molecule has 0 bridgehead atoms. The predicted molar refractivity (Wildman–Crippen MR) is 87.9 cm³/mol. The molecule has 22 heavy (non-hydrogen) atoms. The highest BCUT2D eigenvalue weighted by molar-refractivity contribution is 9.10. The third kappa shape index (κ3) is 1.93. The maximum atomic E-state index is 6.26. The molecule has 8 heteroatoms. The van der Waals surface area contributed by atoms with Crippen LogP contribution in [0.3, 0.4) is 0 Å². The van der Waals surface area contributed by atoms with E-state index in [1.165, 1.54) is 0 Å². The van der Waals surface area contributed by atoms with Crippen molar-refractivity contribution in [2.45, 2.75) is 6.92 Å². The molecule has 0 unspecified atom stereocenters. The van der Waals surface area contributed by atoms with E-state index >= 15 is 0 Å². The zero-order valence-electron chi connectivity index (χ0n) is 11.7. The van der Waals surface area contributed by atoms with Gasteiger partial charge in [0.05, 0.1) is 16.8 Å². The number of nitrogens with zero attached hydrogens (tertiary/aromatic N) is 6. The van der Waals surface area contributed by atoms with Crippen LogP contribution in [-0.2, 0) is 7.05 Å². The average molecular weight is 378 g/mol. The lowest BCUT2D eigenvalue weighted by Gasteiger charge is -2.02. The number of hydrogen-bond acceptors (Lipinski definition) is 4. The summed E-state index contributed by atoms with van der Waals surface area (Å²) in [5, 5.41) is 9.97. The van der Waals surface area contributed by atoms with E-state index in [4.69, 9.17) is 11.6 Å². The molecule has 0 saturated heterocycles. The Morgan fingerprint density at radius 3 is 2.73 bits per heavy atom. The van der Waals surface area contributed by atoms with Crippen LogP contribution >= 0.6 is 27.5 Å². The Balaban J connectivity index is 2.09. The summed E-state index contributed by atoms with van der Waals surface area (Å²) in [7, 11) is 1.87. The van der Waals surface area contributed by atoms with Crippen molar-refractivity contribution in [3.05, 3.63) is 39.8 Å². The molecule has 3 heterocycles. The summed E-state index contributed by atoms with van der Waals surface area (Å²) in [6.07, 6.45) is 1.89. The molecule has 110 valence electrons. The summed E-state index contributed by atoms with van der Waals surface area (Å²) in [4.78, 5) is 9.04. The van der Waals surface area contributed by atoms with Gasteiger partial charge in [0.2, 0.25) is 5.28 Å². The number of benzene rings is 1. The van der Waals surface area contributed by atoms with Crippen molar-refractivity contribution < 1.29 is 0 Å². The lowest BCUT2D eigenvalue weighted by molar-refractivity contribution is 0.756. The van der Waals surface area contributed by atoms with Crippen molar-refractivity contribution in [1.82, 2.24) is 29.4 Å². The van der Waals surface area contributed by atoms with Gasteiger partial charge in [0.15, 0.2) is 11.5 Å². The molecule has 0 fully saturated rings. The van der Waals surface area contributed by atoms with Crippen molar-refractivity contribution >= 4 is 44.1 Å². The zero-order valence-corrected chi connectivity index (χ0v) is 14.1. The van der Waals surface area contributed by atoms with Gasteiger partial charge in [0.25, 0.3) is 0 Å². The Morgan fingerprint density at radius 1 is 1.18 bits per heavy atom. The molecule has 0 aliphatic rings. The molecule has 6 nitrogen and oxygen atoms in total. The third-order valence-electron chi connectivity index (χ3n) is 3.47. The lowest BCUT2D eigenvalue weighted by atomic mass is 10.2. The highest BCUT2D eigenvalue weighted by Crippen LogP contribution is 2.28. The predicted octanol–water partition coefficient (Wildman–Crippen LogP) is 3.40. The molecule has 4 aromatic rings. The van der Waals surface area contributed by atoms with Crippen LogP contribution < -0.4 is 0 Å². The molecule has 3 aromatic heterocycles. The van der Waals surface area contributed by atoms with Gasteiger partial charge in [-0.2, -0.15) is 9.61 Å². The van der Waals surface area contributed by atoms with Crippen molar-refractivity contribution in [3.8, 4) is 11.4 Å². The minimum Gasteiger partial charge on any atom is -0.275 e. The van der Waals surface area contributed by atoms with E-state index in [2.05, 4.69) is 36.1 Å². The summed E-state index contributed by atoms with van der Waals surface area (Å²) in [5.74, 6) is 0.585. The maximum absolute atomic E-state index is 6.26. The van der Waals surface area contributed by atoms with Gasteiger partial charge in [-0.15, -0.1) is 5.10 Å². The van der Waals surface area contributed by atoms with Crippen molar-refractivity contribution in [2.75, 3.05) is 0 Å². The number of para-hydroxylation sites is 1. The summed E-state index contributed by atoms with van der Waals surface area (Å²) in [6.45, 7) is 1.93. The number of hydrogen-bond donors (Lipinski definition) is 0. The van der Waals surface area contributed by atoms with Gasteiger partial charge in [0.1, 0.15) is 0 Å². The first-order valence-electron chi connectivity index (χ1n) is 6.55. The monoisotopic (exact) mass is 376 g/mol. The fourth-order valence-electron chi connectivity index (χ4n) is 2.50. The summed E-state index contributed by atoms with van der Waals surface area (Å²) in [5.41, 5.74) is 3.19. The van der Waals surface area contributed by atoms with E-state index in [1.54, 1.807) is 9.20 Å². The first-order valence-corrected chi connectivity index (χ1v) is 7.73. The normalized spacial score (nSPS) is 11.6. The van der Waals surface area contributed by atoms with Crippen LogP contribution in [0.4, 0.5) is 0 Å². The van der Waals surface area contributed by atoms with Crippen LogP contribution in [0.25, 0.3) is 27.9 Å². The molecule has 0 spiro atoms. The number of aromatic nitrogens is 6. The van der Waals surface area contributed by atoms with Crippen molar-refractivity contribution in [1.29, 1.82) is 0 Å². The standard InChI is InChI=1S/C14H10BrClN6/c1-7-9(6-21(2)19-7)12-18-13-8-4-3-5-10(15)11(8)17-14(16)22(13)20-12/h3-6H,1-2H3. The van der Waals surface area contributed by atoms with Gasteiger partial charge in [-0.1, -0.05) is 6.07 Å². The highest BCUT2D eigenvalue weighted by Gasteiger charge is 2.17. The third-order valence-corrected chi connectivity index (χ3v) is 4.35. The smallest absolute Gasteiger partial charge is 0.226 e. The quantitative estimate of drug-likeness (QED) is 0.477. The molecule has 1 aromatic carbocycles. The molecule has 0 aliphatic heterocycles. The Bertz CT molecular complexity index is 1030. The highest BCUT2D eigenvalue weighted by atomic mass is 79.9. The van der Waals surface area contributed by atoms with Crippen LogP contribution in [0.5, 0.6) is 0 Å². The van der Waals surface area contributed by atoms with Crippen LogP contribution in [0.2, 0.25) is 5.28 Å². The van der Waals surface area contributed by atoms with Crippen LogP contribution in [0.1, 0.15) is 5.69 Å². The number of halogens is 2. The number of rotatable bonds is 1. The fraction of sp³-hybridized carbons (Fsp3) is 0.143. The van der Waals surface area contributed by atoms with Crippen LogP contribution in [-0.4, -0.2) is 29.4 Å². The molecule has 0 radical (unpaired) electrons. The average Bonchev–Trinajstić information content (AvgIpc) is 3.04. The summed E-state index contributed by atoms with van der Waals surface area (Å²) >= 11 is 9.75. The van der Waals surface area contributed by atoms with E-state index in [9.17, 15) is 0 Å². The van der Waals surface area contributed by atoms with Gasteiger partial charge in [-0.05, 0) is 46.6 Å². The number of aryl methyl sites for hydroxylation is 2. The van der Waals surface area contributed by atoms with Crippen LogP contribution in [0.15, 0.2) is 28.9 Å². The molecule has 0 amide bonds. The molecule has 0 aliphatic carbocycles. The fourth-order valence-corrected chi connectivity index (χ4v) is 3.15. The van der Waals surface area contributed by atoms with Crippen molar-refractivity contribution in [2.24, 2.45) is 7.05 Å². The number of fused-ring (bicyclic) bond motifs is 3. The molecule has 4 rings (SSSR count). The molecule has 0 atom stereocenters. The van der Waals surface area contributed by atoms with E-state index in [1.807, 2.05) is 38.4 Å². The Labute approximate surface area is 138 Å². The SMILES string of the molecule is Cc1nn(C)cc1-c1nc2c3cccc(Br)c3nc(Cl)n2n1. The Morgan fingerprint density at radius 2 is 2.00 bits per heavy atom. The van der Waals surface area contributed by atoms with E-state index in [-0.39, 0.29) is 5.28 Å². The van der Waals surface area contributed by atoms with E-state index in [0.29, 0.717) is 11.5 Å². The van der Waals surface area contributed by atoms with E-state index < -0.39 is 0 Å². The minimum atomic E-state index is 0.273. The molecule has 0 saturated carbocycles. The largest absolute Gasteiger partial charge is 0.275 e. The Hall–Kier alpha value is -1.99. The summed E-state index contributed by atoms with van der Waals surface area (Å²) < 4.78 is 4.17. The van der Waals surface area contributed by atoms with Gasteiger partial charge < -0.3 is 0 Å². The van der Waals surface area contributed by atoms with Gasteiger partial charge in [-0.3, -0.25) is 4.68 Å². The second-order valence-corrected chi connectivity index (χ2v) is 6.18. The van der Waals surface area contributed by atoms with Gasteiger partial charge in [-0.25, -0.2) is 9.97 Å². The molecular weight excluding hydrogens is 368 g/mol. The molecule has 0 N–H and O–H groups in total. The van der Waals surface area contributed by atoms with Crippen molar-refractivity contribution in [3.63, 3.8) is 0 Å². The first-order chi connectivity index (χ1) is 10.5.